The standard InChI is InChI=1S/C30H21ClN2O5S/c31-26-24-13-7-8-14-25(24)39-27(26)29(35)36-23-17-15-20(16-18-23)19-32-33-28(34)30(37-21-9-3-1-4-10-21)38-22-11-5-2-6-12-22/h1-19,30H,(H,33,34). The normalized spacial score (nSPS) is 11.0. The van der Waals surface area contributed by atoms with Gasteiger partial charge in [-0.15, -0.1) is 11.3 Å². The lowest BCUT2D eigenvalue weighted by Crippen LogP contribution is -2.40. The summed E-state index contributed by atoms with van der Waals surface area (Å²) in [7, 11) is 0. The zero-order valence-electron chi connectivity index (χ0n) is 20.3. The summed E-state index contributed by atoms with van der Waals surface area (Å²) in [6.07, 6.45) is 0.184. The minimum absolute atomic E-state index is 0.344. The Morgan fingerprint density at radius 2 is 1.36 bits per heavy atom. The number of benzene rings is 4. The molecule has 5 aromatic rings. The van der Waals surface area contributed by atoms with E-state index in [1.54, 1.807) is 72.8 Å². The first-order chi connectivity index (χ1) is 19.1. The van der Waals surface area contributed by atoms with E-state index in [1.165, 1.54) is 17.6 Å². The third kappa shape index (κ3) is 6.62. The second kappa shape index (κ2) is 12.3. The fourth-order valence-corrected chi connectivity index (χ4v) is 4.91. The van der Waals surface area contributed by atoms with Gasteiger partial charge in [0.05, 0.1) is 11.2 Å². The summed E-state index contributed by atoms with van der Waals surface area (Å²) in [5.74, 6) is 0.170. The molecule has 0 saturated heterocycles. The van der Waals surface area contributed by atoms with Gasteiger partial charge >= 0.3 is 18.2 Å². The zero-order chi connectivity index (χ0) is 27.0. The lowest BCUT2D eigenvalue weighted by atomic mass is 10.2. The third-order valence-electron chi connectivity index (χ3n) is 5.39. The topological polar surface area (TPSA) is 86.2 Å². The van der Waals surface area contributed by atoms with Crippen LogP contribution in [-0.2, 0) is 4.79 Å². The van der Waals surface area contributed by atoms with Gasteiger partial charge < -0.3 is 14.2 Å². The van der Waals surface area contributed by atoms with E-state index in [0.717, 1.165) is 10.1 Å². The van der Waals surface area contributed by atoms with Crippen LogP contribution in [0.3, 0.4) is 0 Å². The molecule has 0 aliphatic carbocycles. The van der Waals surface area contributed by atoms with E-state index >= 15 is 0 Å². The number of rotatable bonds is 9. The van der Waals surface area contributed by atoms with Crippen molar-refractivity contribution in [1.82, 2.24) is 5.43 Å². The number of hydrazone groups is 1. The highest BCUT2D eigenvalue weighted by atomic mass is 35.5. The predicted molar refractivity (Wildman–Crippen MR) is 152 cm³/mol. The number of carbonyl (C=O) groups excluding carboxylic acids is 2. The number of ether oxygens (including phenoxy) is 3. The SMILES string of the molecule is O=C(Oc1ccc(C=NNC(=O)C(Oc2ccccc2)Oc2ccccc2)cc1)c1sc2ccccc2c1Cl. The van der Waals surface area contributed by atoms with Crippen molar-refractivity contribution in [2.45, 2.75) is 6.29 Å². The summed E-state index contributed by atoms with van der Waals surface area (Å²) in [5.41, 5.74) is 3.11. The van der Waals surface area contributed by atoms with Gasteiger partial charge in [0.2, 0.25) is 0 Å². The molecular weight excluding hydrogens is 536 g/mol. The molecule has 5 rings (SSSR count). The predicted octanol–water partition coefficient (Wildman–Crippen LogP) is 6.71. The number of thiophene rings is 1. The monoisotopic (exact) mass is 556 g/mol. The third-order valence-corrected chi connectivity index (χ3v) is 7.04. The Bertz CT molecular complexity index is 1560. The molecule has 1 aromatic heterocycles. The number of nitrogens with zero attached hydrogens (tertiary/aromatic N) is 1. The Hall–Kier alpha value is -4.66. The summed E-state index contributed by atoms with van der Waals surface area (Å²) >= 11 is 7.66. The van der Waals surface area contributed by atoms with Gasteiger partial charge in [0.25, 0.3) is 0 Å². The van der Waals surface area contributed by atoms with Gasteiger partial charge in [0, 0.05) is 10.1 Å². The van der Waals surface area contributed by atoms with Gasteiger partial charge in [-0.25, -0.2) is 10.2 Å². The van der Waals surface area contributed by atoms with Crippen molar-refractivity contribution >= 4 is 51.1 Å². The first-order valence-electron chi connectivity index (χ1n) is 11.8. The molecule has 0 unspecified atom stereocenters. The summed E-state index contributed by atoms with van der Waals surface area (Å²) in [6, 6.07) is 31.9. The highest BCUT2D eigenvalue weighted by molar-refractivity contribution is 7.21. The maximum Gasteiger partial charge on any atom is 0.355 e. The molecule has 9 heteroatoms. The van der Waals surface area contributed by atoms with Crippen LogP contribution in [0, 0.1) is 0 Å². The average molecular weight is 557 g/mol. The molecule has 39 heavy (non-hydrogen) atoms. The number of carbonyl (C=O) groups is 2. The fourth-order valence-electron chi connectivity index (χ4n) is 3.52. The zero-order valence-corrected chi connectivity index (χ0v) is 21.9. The number of amides is 1. The Balaban J connectivity index is 1.20. The molecular formula is C30H21ClN2O5S. The molecule has 0 aliphatic heterocycles. The van der Waals surface area contributed by atoms with Gasteiger partial charge in [-0.05, 0) is 60.2 Å². The lowest BCUT2D eigenvalue weighted by Gasteiger charge is -2.18. The Morgan fingerprint density at radius 3 is 1.97 bits per heavy atom. The van der Waals surface area contributed by atoms with Crippen LogP contribution in [0.4, 0.5) is 0 Å². The van der Waals surface area contributed by atoms with Crippen molar-refractivity contribution in [3.63, 3.8) is 0 Å². The van der Waals surface area contributed by atoms with Gasteiger partial charge in [-0.1, -0.05) is 66.2 Å². The highest BCUT2D eigenvalue weighted by Crippen LogP contribution is 2.35. The van der Waals surface area contributed by atoms with Crippen LogP contribution in [0.15, 0.2) is 114 Å². The molecule has 7 nitrogen and oxygen atoms in total. The molecule has 0 spiro atoms. The summed E-state index contributed by atoms with van der Waals surface area (Å²) in [6.45, 7) is 0. The maximum absolute atomic E-state index is 12.8. The van der Waals surface area contributed by atoms with Gasteiger partial charge in [-0.2, -0.15) is 5.10 Å². The van der Waals surface area contributed by atoms with Crippen molar-refractivity contribution in [1.29, 1.82) is 0 Å². The smallest absolute Gasteiger partial charge is 0.355 e. The molecule has 4 aromatic carbocycles. The molecule has 1 heterocycles. The number of hydrogen-bond donors (Lipinski definition) is 1. The van der Waals surface area contributed by atoms with E-state index in [2.05, 4.69) is 10.5 Å². The van der Waals surface area contributed by atoms with Crippen LogP contribution in [-0.4, -0.2) is 24.4 Å². The Kier molecular flexibility index (Phi) is 8.16. The van der Waals surface area contributed by atoms with Crippen molar-refractivity contribution in [2.24, 2.45) is 5.10 Å². The van der Waals surface area contributed by atoms with Crippen molar-refractivity contribution in [2.75, 3.05) is 0 Å². The number of fused-ring (bicyclic) bond motifs is 1. The maximum atomic E-state index is 12.8. The van der Waals surface area contributed by atoms with Crippen LogP contribution < -0.4 is 19.6 Å². The molecule has 0 saturated carbocycles. The summed E-state index contributed by atoms with van der Waals surface area (Å²) < 4.78 is 17.9. The number of halogens is 1. The van der Waals surface area contributed by atoms with Gasteiger partial charge in [0.15, 0.2) is 0 Å². The molecule has 0 atom stereocenters. The molecule has 0 radical (unpaired) electrons. The van der Waals surface area contributed by atoms with E-state index < -0.39 is 18.2 Å². The van der Waals surface area contributed by atoms with Gasteiger partial charge in [0.1, 0.15) is 22.1 Å². The second-order valence-electron chi connectivity index (χ2n) is 8.13. The molecule has 1 N–H and O–H groups in total. The molecule has 0 bridgehead atoms. The van der Waals surface area contributed by atoms with E-state index in [9.17, 15) is 9.59 Å². The Morgan fingerprint density at radius 1 is 0.769 bits per heavy atom. The van der Waals surface area contributed by atoms with E-state index in [4.69, 9.17) is 25.8 Å². The second-order valence-corrected chi connectivity index (χ2v) is 9.56. The minimum atomic E-state index is -1.27. The number of para-hydroxylation sites is 2. The molecule has 0 aliphatic rings. The fraction of sp³-hybridized carbons (Fsp3) is 0.0333. The van der Waals surface area contributed by atoms with E-state index in [0.29, 0.717) is 32.7 Å². The quantitative estimate of drug-likeness (QED) is 0.0717. The van der Waals surface area contributed by atoms with Crippen molar-refractivity contribution in [3.05, 3.63) is 125 Å². The highest BCUT2D eigenvalue weighted by Gasteiger charge is 2.22. The average Bonchev–Trinajstić information content (AvgIpc) is 3.31. The minimum Gasteiger partial charge on any atom is -0.446 e. The van der Waals surface area contributed by atoms with E-state index in [1.807, 2.05) is 36.4 Å². The van der Waals surface area contributed by atoms with Crippen LogP contribution >= 0.6 is 22.9 Å². The van der Waals surface area contributed by atoms with Crippen LogP contribution in [0.1, 0.15) is 15.2 Å². The number of nitrogens with one attached hydrogen (secondary N) is 1. The van der Waals surface area contributed by atoms with Gasteiger partial charge in [-0.3, -0.25) is 4.79 Å². The summed E-state index contributed by atoms with van der Waals surface area (Å²) in [4.78, 5) is 25.8. The molecule has 1 amide bonds. The first-order valence-corrected chi connectivity index (χ1v) is 13.0. The molecule has 194 valence electrons. The van der Waals surface area contributed by atoms with Crippen LogP contribution in [0.2, 0.25) is 5.02 Å². The lowest BCUT2D eigenvalue weighted by molar-refractivity contribution is -0.140. The van der Waals surface area contributed by atoms with Crippen LogP contribution in [0.5, 0.6) is 17.2 Å². The Labute approximate surface area is 233 Å². The van der Waals surface area contributed by atoms with Crippen LogP contribution in [0.25, 0.3) is 10.1 Å². The largest absolute Gasteiger partial charge is 0.446 e. The number of esters is 1. The summed E-state index contributed by atoms with van der Waals surface area (Å²) in [5, 5.41) is 5.21. The first kappa shape index (κ1) is 26.0. The van der Waals surface area contributed by atoms with Crippen molar-refractivity contribution in [3.8, 4) is 17.2 Å². The molecule has 0 fully saturated rings. The van der Waals surface area contributed by atoms with E-state index in [-0.39, 0.29) is 0 Å². The number of hydrogen-bond acceptors (Lipinski definition) is 7. The van der Waals surface area contributed by atoms with Crippen molar-refractivity contribution < 1.29 is 23.8 Å².